The first-order valence-corrected chi connectivity index (χ1v) is 8.23. The second kappa shape index (κ2) is 7.64. The van der Waals surface area contributed by atoms with Crippen LogP contribution >= 0.6 is 0 Å². The van der Waals surface area contributed by atoms with Gasteiger partial charge in [-0.3, -0.25) is 0 Å². The first-order valence-electron chi connectivity index (χ1n) is 8.23. The van der Waals surface area contributed by atoms with Crippen molar-refractivity contribution in [3.05, 3.63) is 53.6 Å². The first kappa shape index (κ1) is 16.8. The van der Waals surface area contributed by atoms with Gasteiger partial charge in [-0.1, -0.05) is 37.3 Å². The van der Waals surface area contributed by atoms with Gasteiger partial charge in [0.2, 0.25) is 0 Å². The molecule has 2 heteroatoms. The number of hydrogen-bond donors (Lipinski definition) is 1. The average molecular weight is 300 g/mol. The van der Waals surface area contributed by atoms with Crippen LogP contribution < -0.4 is 4.74 Å². The SMILES string of the molecule is COc1cccc(CC/C=C/C(C)CC2=CCCC2(C)O)c1. The fraction of sp³-hybridized carbons (Fsp3) is 0.500. The lowest BCUT2D eigenvalue weighted by Gasteiger charge is -2.22. The molecule has 0 amide bonds. The fourth-order valence-electron chi connectivity index (χ4n) is 3.03. The molecule has 1 aromatic rings. The third-order valence-electron chi connectivity index (χ3n) is 4.45. The molecule has 0 saturated carbocycles. The number of allylic oxidation sites excluding steroid dienone is 3. The summed E-state index contributed by atoms with van der Waals surface area (Å²) in [5, 5.41) is 10.3. The highest BCUT2D eigenvalue weighted by atomic mass is 16.5. The lowest BCUT2D eigenvalue weighted by molar-refractivity contribution is 0.0951. The molecule has 1 aromatic carbocycles. The van der Waals surface area contributed by atoms with Crippen LogP contribution in [0.15, 0.2) is 48.1 Å². The molecule has 1 aliphatic rings. The fourth-order valence-corrected chi connectivity index (χ4v) is 3.03. The minimum absolute atomic E-state index is 0.473. The van der Waals surface area contributed by atoms with Gasteiger partial charge in [-0.25, -0.2) is 0 Å². The number of rotatable bonds is 7. The number of hydrogen-bond acceptors (Lipinski definition) is 2. The van der Waals surface area contributed by atoms with Gasteiger partial charge >= 0.3 is 0 Å². The monoisotopic (exact) mass is 300 g/mol. The molecule has 1 N–H and O–H groups in total. The van der Waals surface area contributed by atoms with E-state index >= 15 is 0 Å². The standard InChI is InChI=1S/C20H28O2/c1-16(14-18-11-7-13-20(18,2)21)8-4-5-9-17-10-6-12-19(15-17)22-3/h4,6,8,10-12,15-16,21H,5,7,9,13-14H2,1-3H3/b8-4+. The second-order valence-corrected chi connectivity index (χ2v) is 6.54. The zero-order chi connectivity index (χ0) is 16.0. The number of methoxy groups -OCH3 is 1. The van der Waals surface area contributed by atoms with Crippen LogP contribution in [0.3, 0.4) is 0 Å². The van der Waals surface area contributed by atoms with Crippen molar-refractivity contribution in [3.8, 4) is 5.75 Å². The van der Waals surface area contributed by atoms with Crippen molar-refractivity contribution in [2.24, 2.45) is 5.92 Å². The van der Waals surface area contributed by atoms with Crippen molar-refractivity contribution in [1.29, 1.82) is 0 Å². The normalized spacial score (nSPS) is 22.8. The van der Waals surface area contributed by atoms with Crippen LogP contribution in [0, 0.1) is 5.92 Å². The third kappa shape index (κ3) is 4.74. The molecule has 0 spiro atoms. The number of aliphatic hydroxyl groups is 1. The minimum Gasteiger partial charge on any atom is -0.497 e. The molecule has 22 heavy (non-hydrogen) atoms. The van der Waals surface area contributed by atoms with E-state index in [-0.39, 0.29) is 0 Å². The summed E-state index contributed by atoms with van der Waals surface area (Å²) in [4.78, 5) is 0. The summed E-state index contributed by atoms with van der Waals surface area (Å²) in [5.74, 6) is 1.39. The van der Waals surface area contributed by atoms with E-state index in [4.69, 9.17) is 4.74 Å². The molecule has 1 aliphatic carbocycles. The van der Waals surface area contributed by atoms with E-state index in [1.807, 2.05) is 19.1 Å². The molecule has 0 saturated heterocycles. The van der Waals surface area contributed by atoms with Crippen LogP contribution in [0.4, 0.5) is 0 Å². The first-order chi connectivity index (χ1) is 10.5. The lowest BCUT2D eigenvalue weighted by atomic mass is 9.90. The summed E-state index contributed by atoms with van der Waals surface area (Å²) < 4.78 is 5.25. The predicted molar refractivity (Wildman–Crippen MR) is 92.2 cm³/mol. The van der Waals surface area contributed by atoms with Crippen LogP contribution in [-0.2, 0) is 6.42 Å². The van der Waals surface area contributed by atoms with Gasteiger partial charge in [-0.15, -0.1) is 0 Å². The van der Waals surface area contributed by atoms with E-state index in [1.165, 1.54) is 11.1 Å². The number of benzene rings is 1. The van der Waals surface area contributed by atoms with Gasteiger partial charge < -0.3 is 9.84 Å². The van der Waals surface area contributed by atoms with E-state index in [0.29, 0.717) is 5.92 Å². The summed E-state index contributed by atoms with van der Waals surface area (Å²) in [6, 6.07) is 8.25. The van der Waals surface area contributed by atoms with Crippen LogP contribution in [0.25, 0.3) is 0 Å². The minimum atomic E-state index is -0.581. The molecule has 2 nitrogen and oxygen atoms in total. The highest BCUT2D eigenvalue weighted by Gasteiger charge is 2.29. The molecule has 2 rings (SSSR count). The highest BCUT2D eigenvalue weighted by Crippen LogP contribution is 2.34. The second-order valence-electron chi connectivity index (χ2n) is 6.54. The van der Waals surface area contributed by atoms with E-state index in [0.717, 1.165) is 37.9 Å². The molecule has 0 aliphatic heterocycles. The van der Waals surface area contributed by atoms with Crippen molar-refractivity contribution in [1.82, 2.24) is 0 Å². The van der Waals surface area contributed by atoms with Gasteiger partial charge in [0.25, 0.3) is 0 Å². The van der Waals surface area contributed by atoms with Gasteiger partial charge in [0, 0.05) is 0 Å². The predicted octanol–water partition coefficient (Wildman–Crippen LogP) is 4.68. The molecule has 0 bridgehead atoms. The summed E-state index contributed by atoms with van der Waals surface area (Å²) in [6.07, 6.45) is 11.6. The van der Waals surface area contributed by atoms with Crippen LogP contribution in [0.5, 0.6) is 5.75 Å². The topological polar surface area (TPSA) is 29.5 Å². The van der Waals surface area contributed by atoms with Crippen molar-refractivity contribution in [3.63, 3.8) is 0 Å². The van der Waals surface area contributed by atoms with Crippen molar-refractivity contribution >= 4 is 0 Å². The van der Waals surface area contributed by atoms with Crippen LogP contribution in [-0.4, -0.2) is 17.8 Å². The van der Waals surface area contributed by atoms with Gasteiger partial charge in [-0.05, 0) is 68.2 Å². The number of ether oxygens (including phenoxy) is 1. The maximum atomic E-state index is 10.3. The Kier molecular flexibility index (Phi) is 5.84. The molecule has 0 radical (unpaired) electrons. The largest absolute Gasteiger partial charge is 0.497 e. The van der Waals surface area contributed by atoms with Crippen molar-refractivity contribution in [2.75, 3.05) is 7.11 Å². The molecule has 120 valence electrons. The number of aryl methyl sites for hydroxylation is 1. The van der Waals surface area contributed by atoms with E-state index in [9.17, 15) is 5.11 Å². The van der Waals surface area contributed by atoms with Gasteiger partial charge in [0.05, 0.1) is 12.7 Å². The van der Waals surface area contributed by atoms with Crippen molar-refractivity contribution in [2.45, 2.75) is 51.6 Å². The molecular weight excluding hydrogens is 272 g/mol. The molecule has 0 aromatic heterocycles. The summed E-state index contributed by atoms with van der Waals surface area (Å²) in [6.45, 7) is 4.16. The molecule has 2 atom stereocenters. The van der Waals surface area contributed by atoms with Crippen molar-refractivity contribution < 1.29 is 9.84 Å². The van der Waals surface area contributed by atoms with Gasteiger partial charge in [-0.2, -0.15) is 0 Å². The Labute approximate surface area is 134 Å². The van der Waals surface area contributed by atoms with Gasteiger partial charge in [0.1, 0.15) is 5.75 Å². The Hall–Kier alpha value is -1.54. The zero-order valence-electron chi connectivity index (χ0n) is 14.0. The Morgan fingerprint density at radius 2 is 2.23 bits per heavy atom. The maximum Gasteiger partial charge on any atom is 0.119 e. The highest BCUT2D eigenvalue weighted by molar-refractivity contribution is 5.28. The molecular formula is C20H28O2. The van der Waals surface area contributed by atoms with E-state index < -0.39 is 5.60 Å². The molecule has 0 fully saturated rings. The van der Waals surface area contributed by atoms with E-state index in [1.54, 1.807) is 7.11 Å². The Balaban J connectivity index is 1.77. The summed E-state index contributed by atoms with van der Waals surface area (Å²) in [5.41, 5.74) is 1.93. The molecule has 0 heterocycles. The average Bonchev–Trinajstić information content (AvgIpc) is 2.83. The summed E-state index contributed by atoms with van der Waals surface area (Å²) >= 11 is 0. The lowest BCUT2D eigenvalue weighted by Crippen LogP contribution is -2.23. The quantitative estimate of drug-likeness (QED) is 0.741. The van der Waals surface area contributed by atoms with Crippen LogP contribution in [0.2, 0.25) is 0 Å². The molecule has 2 unspecified atom stereocenters. The Bertz CT molecular complexity index is 540. The van der Waals surface area contributed by atoms with E-state index in [2.05, 4.69) is 37.3 Å². The van der Waals surface area contributed by atoms with Gasteiger partial charge in [0.15, 0.2) is 0 Å². The Morgan fingerprint density at radius 1 is 1.41 bits per heavy atom. The van der Waals surface area contributed by atoms with Crippen LogP contribution in [0.1, 0.15) is 45.1 Å². The smallest absolute Gasteiger partial charge is 0.119 e. The maximum absolute atomic E-state index is 10.3. The third-order valence-corrected chi connectivity index (χ3v) is 4.45. The zero-order valence-corrected chi connectivity index (χ0v) is 14.0. The summed E-state index contributed by atoms with van der Waals surface area (Å²) in [7, 11) is 1.70. The Morgan fingerprint density at radius 3 is 2.91 bits per heavy atom.